The minimum absolute atomic E-state index is 0.0412. The van der Waals surface area contributed by atoms with Crippen LogP contribution in [0.3, 0.4) is 0 Å². The first-order valence-electron chi connectivity index (χ1n) is 41.4. The molecule has 3 aromatic heterocycles. The maximum Gasteiger partial charge on any atom is 0.162 e. The molecule has 8 heteroatoms. The third kappa shape index (κ3) is 19.9. The lowest BCUT2D eigenvalue weighted by Crippen LogP contribution is -2.53. The average molecular weight is 1510 g/mol. The lowest BCUT2D eigenvalue weighted by atomic mass is 9.73. The Kier molecular flexibility index (Phi) is 30.8. The molecule has 0 spiro atoms. The molecule has 2 N–H and O–H groups in total. The number of rotatable bonds is 46. The Morgan fingerprint density at radius 3 is 1.22 bits per heavy atom. The zero-order valence-electron chi connectivity index (χ0n) is 63.1. The molecule has 0 aliphatic carbocycles. The van der Waals surface area contributed by atoms with Gasteiger partial charge in [0.1, 0.15) is 0 Å². The summed E-state index contributed by atoms with van der Waals surface area (Å²) in [5.74, 6) is 0.331. The Balaban J connectivity index is 0.962. The van der Waals surface area contributed by atoms with Gasteiger partial charge in [-0.1, -0.05) is 370 Å². The predicted molar refractivity (Wildman–Crippen MR) is 454 cm³/mol. The van der Waals surface area contributed by atoms with Gasteiger partial charge in [-0.2, -0.15) is 0 Å². The predicted octanol–water partition coefficient (Wildman–Crippen LogP) is 26.0. The first kappa shape index (κ1) is 77.0. The van der Waals surface area contributed by atoms with E-state index in [1.807, 2.05) is 0 Å². The zero-order chi connectivity index (χ0) is 70.0. The van der Waals surface area contributed by atoms with Crippen molar-refractivity contribution in [3.8, 4) is 22.3 Å². The number of aromatic nitrogens is 4. The molecular formula is C93H124Br2N4Si2. The topological polar surface area (TPSA) is 57.4 Å². The highest BCUT2D eigenvalue weighted by Gasteiger charge is 2.41. The molecule has 7 heterocycles. The summed E-state index contributed by atoms with van der Waals surface area (Å²) in [6.45, 7) is 12.0. The van der Waals surface area contributed by atoms with Gasteiger partial charge < -0.3 is 9.97 Å². The van der Waals surface area contributed by atoms with E-state index in [1.54, 1.807) is 10.8 Å². The molecule has 2 radical (unpaired) electrons. The van der Waals surface area contributed by atoms with Gasteiger partial charge in [0.15, 0.2) is 17.6 Å². The van der Waals surface area contributed by atoms with Crippen molar-refractivity contribution in [2.24, 2.45) is 0 Å². The SMILES string of the molecule is CCCCCCCCCCCCCCCCCCCCCCCC(CCCCCCCC)c1c2nc(c(Br)c3nc(c([Si]4c5ccccc5-c5cccc(C(C)(CCCCCCC)CCCCCCCC)c54)c4ccc([nH]4)c(Br)c4cc([Si]5c6ccccc6-c6ccccc65)c1[nH]4)C=C3)C=C2. The fourth-order valence-electron chi connectivity index (χ4n) is 17.5. The van der Waals surface area contributed by atoms with Crippen molar-refractivity contribution in [2.45, 2.75) is 316 Å². The van der Waals surface area contributed by atoms with Gasteiger partial charge in [-0.25, -0.2) is 9.97 Å². The third-order valence-corrected chi connectivity index (χ3v) is 30.9. The molecule has 4 aliphatic rings. The molecule has 4 aliphatic heterocycles. The van der Waals surface area contributed by atoms with Crippen molar-refractivity contribution in [2.75, 3.05) is 0 Å². The highest BCUT2D eigenvalue weighted by molar-refractivity contribution is 9.11. The number of H-pyrrole nitrogens is 2. The largest absolute Gasteiger partial charge is 0.355 e. The van der Waals surface area contributed by atoms with Crippen LogP contribution in [0.2, 0.25) is 0 Å². The fourth-order valence-corrected chi connectivity index (χ4v) is 25.0. The normalized spacial score (nSPS) is 14.0. The Hall–Kier alpha value is -5.13. The van der Waals surface area contributed by atoms with E-state index < -0.39 is 17.6 Å². The van der Waals surface area contributed by atoms with Crippen molar-refractivity contribution in [1.82, 2.24) is 19.9 Å². The second-order valence-corrected chi connectivity index (χ2v) is 37.3. The summed E-state index contributed by atoms with van der Waals surface area (Å²) in [6.07, 6.45) is 65.6. The third-order valence-electron chi connectivity index (χ3n) is 23.3. The molecule has 11 rings (SSSR count). The molecule has 0 fully saturated rings. The van der Waals surface area contributed by atoms with Crippen LogP contribution in [0.5, 0.6) is 0 Å². The summed E-state index contributed by atoms with van der Waals surface area (Å²) < 4.78 is 2.02. The van der Waals surface area contributed by atoms with Crippen molar-refractivity contribution in [1.29, 1.82) is 0 Å². The Bertz CT molecular complexity index is 3940. The number of hydrogen-bond acceptors (Lipinski definition) is 2. The lowest BCUT2D eigenvalue weighted by molar-refractivity contribution is 0.364. The van der Waals surface area contributed by atoms with Crippen LogP contribution < -0.4 is 31.1 Å². The summed E-state index contributed by atoms with van der Waals surface area (Å²) in [5, 5.41) is 8.76. The van der Waals surface area contributed by atoms with Gasteiger partial charge in [0.2, 0.25) is 0 Å². The van der Waals surface area contributed by atoms with E-state index >= 15 is 0 Å². The van der Waals surface area contributed by atoms with E-state index in [-0.39, 0.29) is 5.41 Å². The van der Waals surface area contributed by atoms with Crippen LogP contribution in [-0.4, -0.2) is 37.5 Å². The number of hydrogen-bond donors (Lipinski definition) is 2. The monoisotopic (exact) mass is 1510 g/mol. The van der Waals surface area contributed by atoms with Crippen LogP contribution in [-0.2, 0) is 5.41 Å². The number of halogens is 2. The molecule has 2 atom stereocenters. The van der Waals surface area contributed by atoms with Crippen LogP contribution >= 0.6 is 31.9 Å². The maximum absolute atomic E-state index is 5.87. The van der Waals surface area contributed by atoms with Gasteiger partial charge in [-0.3, -0.25) is 0 Å². The summed E-state index contributed by atoms with van der Waals surface area (Å²) in [7, 11) is -3.16. The van der Waals surface area contributed by atoms with Crippen LogP contribution in [0.1, 0.15) is 344 Å². The van der Waals surface area contributed by atoms with E-state index in [0.717, 1.165) is 61.1 Å². The second kappa shape index (κ2) is 40.4. The minimum atomic E-state index is -1.67. The molecule has 0 amide bonds. The molecule has 8 bridgehead atoms. The summed E-state index contributed by atoms with van der Waals surface area (Å²) in [5.41, 5.74) is 17.3. The number of unbranched alkanes of at least 4 members (excludes halogenated alkanes) is 34. The van der Waals surface area contributed by atoms with Gasteiger partial charge in [0, 0.05) is 16.6 Å². The lowest BCUT2D eigenvalue weighted by Gasteiger charge is -2.34. The number of fused-ring (bicyclic) bond motifs is 14. The fraction of sp³-hybridized carbons (Fsp3) is 0.527. The van der Waals surface area contributed by atoms with Crippen molar-refractivity contribution < 1.29 is 0 Å². The molecule has 2 unspecified atom stereocenters. The molecule has 4 nitrogen and oxygen atoms in total. The van der Waals surface area contributed by atoms with Crippen molar-refractivity contribution in [3.05, 3.63) is 152 Å². The summed E-state index contributed by atoms with van der Waals surface area (Å²) in [6, 6.07) is 42.9. The number of benzene rings is 4. The van der Waals surface area contributed by atoms with Gasteiger partial charge >= 0.3 is 0 Å². The first-order chi connectivity index (χ1) is 49.8. The smallest absolute Gasteiger partial charge is 0.162 e. The van der Waals surface area contributed by atoms with Gasteiger partial charge in [0.05, 0.1) is 42.8 Å². The molecule has 4 aromatic carbocycles. The maximum atomic E-state index is 5.87. The van der Waals surface area contributed by atoms with Gasteiger partial charge in [0.25, 0.3) is 0 Å². The average Bonchev–Trinajstić information content (AvgIpc) is 1.58. The Labute approximate surface area is 632 Å². The van der Waals surface area contributed by atoms with Gasteiger partial charge in [-0.05, 0) is 170 Å². The highest BCUT2D eigenvalue weighted by atomic mass is 79.9. The number of nitrogens with one attached hydrogen (secondary N) is 2. The second-order valence-electron chi connectivity index (χ2n) is 31.1. The molecular weight excluding hydrogens is 1390 g/mol. The Morgan fingerprint density at radius 2 is 0.733 bits per heavy atom. The van der Waals surface area contributed by atoms with Crippen molar-refractivity contribution in [3.63, 3.8) is 0 Å². The molecule has 0 saturated heterocycles. The van der Waals surface area contributed by atoms with E-state index in [1.165, 1.54) is 316 Å². The first-order valence-corrected chi connectivity index (χ1v) is 46.0. The summed E-state index contributed by atoms with van der Waals surface area (Å²) >= 11 is 8.73. The number of aromatic amines is 2. The van der Waals surface area contributed by atoms with E-state index in [2.05, 4.69) is 210 Å². The van der Waals surface area contributed by atoms with Crippen LogP contribution in [0.15, 0.2) is 118 Å². The van der Waals surface area contributed by atoms with Crippen molar-refractivity contribution >= 4 is 127 Å². The van der Waals surface area contributed by atoms with E-state index in [0.29, 0.717) is 5.92 Å². The van der Waals surface area contributed by atoms with Gasteiger partial charge in [-0.15, -0.1) is 0 Å². The molecule has 7 aromatic rings. The Morgan fingerprint density at radius 1 is 0.347 bits per heavy atom. The number of nitrogens with zero attached hydrogens (tertiary/aromatic N) is 2. The quantitative estimate of drug-likeness (QED) is 0.0295. The van der Waals surface area contributed by atoms with Crippen LogP contribution in [0, 0.1) is 0 Å². The van der Waals surface area contributed by atoms with E-state index in [9.17, 15) is 0 Å². The summed E-state index contributed by atoms with van der Waals surface area (Å²) in [4.78, 5) is 20.3. The molecule has 101 heavy (non-hydrogen) atoms. The minimum Gasteiger partial charge on any atom is -0.355 e. The highest BCUT2D eigenvalue weighted by Crippen LogP contribution is 2.41. The zero-order valence-corrected chi connectivity index (χ0v) is 68.3. The molecule has 0 saturated carbocycles. The van der Waals surface area contributed by atoms with E-state index in [4.69, 9.17) is 9.97 Å². The standard InChI is InChI=1S/C93H124Br2N4Si2/c1-6-10-14-18-21-22-23-24-25-26-27-28-29-30-31-32-33-34-35-37-41-52-70(51-40-36-19-15-11-7-2)87-76-61-62-77(96-76)88(94)78-63-65-80(97-78)92(81-66-64-79(98-81)89(95)82-69-86(90(87)99-82)100-83-58-45-42-53-71(83)72-54-43-46-59-84(72)100)101-85-60-47-44-55-73(85)74-56-50-57-75(91(74)101)93(5,67-48-38-17-13-9-4)68-49-39-20-16-12-8-3/h42-47,50,53-66,69-70,98-99H,6-41,48-49,51-52,67-68H2,1-5H3. The van der Waals surface area contributed by atoms with Crippen LogP contribution in [0.4, 0.5) is 0 Å². The van der Waals surface area contributed by atoms with Crippen LogP contribution in [0.25, 0.3) is 68.6 Å². The molecule has 538 valence electrons.